The second kappa shape index (κ2) is 11.5. The fourth-order valence-electron chi connectivity index (χ4n) is 4.68. The van der Waals surface area contributed by atoms with Gasteiger partial charge in [0.1, 0.15) is 18.0 Å². The lowest BCUT2D eigenvalue weighted by molar-refractivity contribution is -0.148. The molecule has 3 aromatic rings. The van der Waals surface area contributed by atoms with E-state index >= 15 is 0 Å². The van der Waals surface area contributed by atoms with Crippen LogP contribution in [0.4, 0.5) is 13.2 Å². The second-order valence-corrected chi connectivity index (χ2v) is 17.7. The van der Waals surface area contributed by atoms with Crippen LogP contribution < -0.4 is 0 Å². The molecule has 0 saturated carbocycles. The Morgan fingerprint density at radius 2 is 1.85 bits per heavy atom. The molecule has 0 radical (unpaired) electrons. The average Bonchev–Trinajstić information content (AvgIpc) is 3.43. The third-order valence-electron chi connectivity index (χ3n) is 6.73. The Morgan fingerprint density at radius 3 is 2.49 bits per heavy atom. The smallest absolute Gasteiger partial charge is 0.378 e. The van der Waals surface area contributed by atoms with Gasteiger partial charge in [-0.2, -0.15) is 18.3 Å². The van der Waals surface area contributed by atoms with Crippen molar-refractivity contribution in [2.75, 3.05) is 26.2 Å². The number of nitrogens with zero attached hydrogens (tertiary/aromatic N) is 5. The van der Waals surface area contributed by atoms with Crippen molar-refractivity contribution in [3.63, 3.8) is 0 Å². The largest absolute Gasteiger partial charge is 0.401 e. The second-order valence-electron chi connectivity index (χ2n) is 12.1. The summed E-state index contributed by atoms with van der Waals surface area (Å²) in [5.41, 5.74) is 2.14. The minimum atomic E-state index is -4.19. The van der Waals surface area contributed by atoms with Crippen molar-refractivity contribution in [3.8, 4) is 23.0 Å². The van der Waals surface area contributed by atoms with Crippen molar-refractivity contribution in [1.29, 1.82) is 0 Å². The molecule has 11 heteroatoms. The van der Waals surface area contributed by atoms with Gasteiger partial charge in [-0.15, -0.1) is 0 Å². The van der Waals surface area contributed by atoms with E-state index in [-0.39, 0.29) is 6.04 Å². The van der Waals surface area contributed by atoms with Crippen molar-refractivity contribution in [2.45, 2.75) is 76.9 Å². The van der Waals surface area contributed by atoms with E-state index in [0.717, 1.165) is 28.1 Å². The van der Waals surface area contributed by atoms with Gasteiger partial charge in [-0.3, -0.25) is 4.90 Å². The molecule has 7 nitrogen and oxygen atoms in total. The van der Waals surface area contributed by atoms with Crippen LogP contribution in [-0.2, 0) is 11.5 Å². The van der Waals surface area contributed by atoms with Crippen LogP contribution in [0.5, 0.6) is 0 Å². The van der Waals surface area contributed by atoms with Gasteiger partial charge in [-0.1, -0.05) is 25.6 Å². The molecule has 4 rings (SSSR count). The molecule has 0 unspecified atom stereocenters. The lowest BCUT2D eigenvalue weighted by Crippen LogP contribution is -2.40. The number of hydrogen-bond acceptors (Lipinski definition) is 5. The fourth-order valence-corrected chi connectivity index (χ4v) is 5.44. The first-order valence-electron chi connectivity index (χ1n) is 13.3. The zero-order valence-corrected chi connectivity index (χ0v) is 24.3. The van der Waals surface area contributed by atoms with E-state index in [9.17, 15) is 18.3 Å². The van der Waals surface area contributed by atoms with Crippen LogP contribution >= 0.6 is 0 Å². The molecule has 1 fully saturated rings. The Morgan fingerprint density at radius 1 is 1.13 bits per heavy atom. The SMILES string of the molecule is CC(C)(O)C#Cc1cc2c(-c3cnn(COCC[Si](C)(C)C)c3)cn(C3CCN(CC(F)(F)F)CC3)c2cn1. The quantitative estimate of drug-likeness (QED) is 0.222. The summed E-state index contributed by atoms with van der Waals surface area (Å²) in [5, 5.41) is 15.5. The summed E-state index contributed by atoms with van der Waals surface area (Å²) < 4.78 is 48.4. The van der Waals surface area contributed by atoms with E-state index in [4.69, 9.17) is 4.74 Å². The summed E-state index contributed by atoms with van der Waals surface area (Å²) in [6.45, 7) is 11.1. The first kappa shape index (κ1) is 29.3. The van der Waals surface area contributed by atoms with E-state index in [0.29, 0.717) is 45.0 Å². The number of rotatable bonds is 8. The minimum absolute atomic E-state index is 0.0563. The topological polar surface area (TPSA) is 68.3 Å². The molecule has 3 aromatic heterocycles. The highest BCUT2D eigenvalue weighted by molar-refractivity contribution is 6.76. The summed E-state index contributed by atoms with van der Waals surface area (Å²) >= 11 is 0. The molecular formula is C28H38F3N5O2Si. The van der Waals surface area contributed by atoms with E-state index in [2.05, 4.69) is 52.3 Å². The lowest BCUT2D eigenvalue weighted by Gasteiger charge is -2.33. The molecule has 1 saturated heterocycles. The minimum Gasteiger partial charge on any atom is -0.378 e. The lowest BCUT2D eigenvalue weighted by atomic mass is 10.0. The van der Waals surface area contributed by atoms with Crippen LogP contribution in [0.15, 0.2) is 30.9 Å². The van der Waals surface area contributed by atoms with Crippen LogP contribution in [0, 0.1) is 11.8 Å². The van der Waals surface area contributed by atoms with E-state index in [1.807, 2.05) is 12.3 Å². The number of ether oxygens (including phenoxy) is 1. The van der Waals surface area contributed by atoms with E-state index in [1.165, 1.54) is 4.90 Å². The van der Waals surface area contributed by atoms with E-state index in [1.54, 1.807) is 30.9 Å². The van der Waals surface area contributed by atoms with Gasteiger partial charge in [0.2, 0.25) is 0 Å². The Balaban J connectivity index is 1.61. The highest BCUT2D eigenvalue weighted by atomic mass is 28.3. The summed E-state index contributed by atoms with van der Waals surface area (Å²) in [5.74, 6) is 5.76. The number of pyridine rings is 1. The van der Waals surface area contributed by atoms with Gasteiger partial charge in [-0.05, 0) is 44.7 Å². The molecule has 0 spiro atoms. The molecule has 4 heterocycles. The maximum Gasteiger partial charge on any atom is 0.401 e. The molecular weight excluding hydrogens is 523 g/mol. The highest BCUT2D eigenvalue weighted by Crippen LogP contribution is 2.36. The van der Waals surface area contributed by atoms with Crippen molar-refractivity contribution < 1.29 is 23.0 Å². The van der Waals surface area contributed by atoms with Gasteiger partial charge in [0.05, 0.1) is 24.5 Å². The number of hydrogen-bond donors (Lipinski definition) is 1. The Bertz CT molecular complexity index is 1330. The molecule has 1 N–H and O–H groups in total. The number of aliphatic hydroxyl groups is 1. The van der Waals surface area contributed by atoms with Crippen LogP contribution in [0.1, 0.15) is 38.4 Å². The normalized spacial score (nSPS) is 16.0. The Hall–Kier alpha value is -2.65. The number of piperidine rings is 1. The average molecular weight is 562 g/mol. The number of likely N-dealkylation sites (tertiary alicyclic amines) is 1. The van der Waals surface area contributed by atoms with Crippen LogP contribution in [0.3, 0.4) is 0 Å². The van der Waals surface area contributed by atoms with Gasteiger partial charge in [-0.25, -0.2) is 9.67 Å². The standard InChI is InChI=1S/C28H38F3N5O2Si/c1-27(2,37)9-6-22-14-24-25(21-15-33-35(17-21)20-38-12-13-39(3,4)5)18-36(26(24)16-32-22)23-7-10-34(11-8-23)19-28(29,30)31/h14-18,23,37H,7-8,10-13,19-20H2,1-5H3. The number of aromatic nitrogens is 4. The maximum atomic E-state index is 12.9. The molecule has 1 aliphatic heterocycles. The van der Waals surface area contributed by atoms with Gasteiger partial charge >= 0.3 is 6.18 Å². The zero-order chi connectivity index (χ0) is 28.4. The first-order valence-corrected chi connectivity index (χ1v) is 17.0. The van der Waals surface area contributed by atoms with Crippen LogP contribution in [-0.4, -0.2) is 75.4 Å². The summed E-state index contributed by atoms with van der Waals surface area (Å²) in [4.78, 5) is 5.98. The molecule has 212 valence electrons. The van der Waals surface area contributed by atoms with Gasteiger partial charge < -0.3 is 14.4 Å². The van der Waals surface area contributed by atoms with Gasteiger partial charge in [0, 0.05) is 62.7 Å². The van der Waals surface area contributed by atoms with Gasteiger partial charge in [0.25, 0.3) is 0 Å². The monoisotopic (exact) mass is 561 g/mol. The summed E-state index contributed by atoms with van der Waals surface area (Å²) in [6, 6.07) is 3.04. The van der Waals surface area contributed by atoms with Crippen molar-refractivity contribution in [1.82, 2.24) is 24.2 Å². The Labute approximate surface area is 229 Å². The van der Waals surface area contributed by atoms with Crippen LogP contribution in [0.2, 0.25) is 25.7 Å². The fraction of sp³-hybridized carbons (Fsp3) is 0.571. The molecule has 1 aliphatic rings. The predicted molar refractivity (Wildman–Crippen MR) is 149 cm³/mol. The molecule has 0 aliphatic carbocycles. The van der Waals surface area contributed by atoms with Crippen molar-refractivity contribution >= 4 is 19.0 Å². The molecule has 39 heavy (non-hydrogen) atoms. The van der Waals surface area contributed by atoms with E-state index < -0.39 is 26.4 Å². The summed E-state index contributed by atoms with van der Waals surface area (Å²) in [6.07, 6.45) is 4.60. The number of halogens is 3. The molecule has 0 aromatic carbocycles. The molecule has 0 bridgehead atoms. The number of fused-ring (bicyclic) bond motifs is 1. The Kier molecular flexibility index (Phi) is 8.61. The third kappa shape index (κ3) is 8.41. The third-order valence-corrected chi connectivity index (χ3v) is 8.44. The van der Waals surface area contributed by atoms with Crippen molar-refractivity contribution in [3.05, 3.63) is 36.5 Å². The first-order chi connectivity index (χ1) is 18.2. The van der Waals surface area contributed by atoms with Crippen LogP contribution in [0.25, 0.3) is 22.0 Å². The maximum absolute atomic E-state index is 12.9. The number of alkyl halides is 3. The van der Waals surface area contributed by atoms with Gasteiger partial charge in [0.15, 0.2) is 0 Å². The zero-order valence-electron chi connectivity index (χ0n) is 23.3. The highest BCUT2D eigenvalue weighted by Gasteiger charge is 2.33. The molecule has 0 atom stereocenters. The summed E-state index contributed by atoms with van der Waals surface area (Å²) in [7, 11) is -1.18. The molecule has 0 amide bonds. The predicted octanol–water partition coefficient (Wildman–Crippen LogP) is 5.53. The van der Waals surface area contributed by atoms with Crippen molar-refractivity contribution in [2.24, 2.45) is 0 Å².